The smallest absolute Gasteiger partial charge is 0.180 e. The van der Waals surface area contributed by atoms with Crippen molar-refractivity contribution < 1.29 is 9.94 Å². The largest absolute Gasteiger partial charge is 0.482 e. The number of benzene rings is 1. The molecular weight excluding hydrogens is 228 g/mol. The first kappa shape index (κ1) is 12.6. The molecule has 0 aliphatic carbocycles. The highest BCUT2D eigenvalue weighted by atomic mass is 35.5. The molecule has 1 atom stereocenters. The fraction of sp³-hybridized carbons (Fsp3) is 0.364. The molecule has 16 heavy (non-hydrogen) atoms. The van der Waals surface area contributed by atoms with E-state index in [9.17, 15) is 0 Å². The van der Waals surface area contributed by atoms with E-state index in [4.69, 9.17) is 27.3 Å². The number of hydrogen-bond donors (Lipinski definition) is 2. The summed E-state index contributed by atoms with van der Waals surface area (Å²) in [4.78, 5) is 0. The SMILES string of the molecule is CCC(Oc1cc(Cl)ccc1C)C(N)=NO. The van der Waals surface area contributed by atoms with Gasteiger partial charge in [-0.05, 0) is 31.0 Å². The second-order valence-electron chi connectivity index (χ2n) is 3.45. The lowest BCUT2D eigenvalue weighted by molar-refractivity contribution is 0.245. The molecule has 1 unspecified atom stereocenters. The Morgan fingerprint density at radius 1 is 1.62 bits per heavy atom. The monoisotopic (exact) mass is 242 g/mol. The fourth-order valence-electron chi connectivity index (χ4n) is 1.27. The predicted molar refractivity (Wildman–Crippen MR) is 64.3 cm³/mol. The van der Waals surface area contributed by atoms with Gasteiger partial charge in [-0.15, -0.1) is 0 Å². The Bertz CT molecular complexity index is 394. The molecule has 88 valence electrons. The van der Waals surface area contributed by atoms with Gasteiger partial charge in [0.25, 0.3) is 0 Å². The Hall–Kier alpha value is -1.42. The molecule has 5 heteroatoms. The molecule has 1 rings (SSSR count). The number of hydrogen-bond acceptors (Lipinski definition) is 3. The molecule has 4 nitrogen and oxygen atoms in total. The van der Waals surface area contributed by atoms with E-state index in [1.807, 2.05) is 19.9 Å². The van der Waals surface area contributed by atoms with Crippen LogP contribution in [0, 0.1) is 6.92 Å². The summed E-state index contributed by atoms with van der Waals surface area (Å²) < 4.78 is 5.63. The second kappa shape index (κ2) is 5.61. The van der Waals surface area contributed by atoms with Crippen LogP contribution in [0.3, 0.4) is 0 Å². The van der Waals surface area contributed by atoms with Crippen LogP contribution in [0.2, 0.25) is 5.02 Å². The molecule has 0 fully saturated rings. The van der Waals surface area contributed by atoms with Gasteiger partial charge in [0, 0.05) is 5.02 Å². The molecule has 1 aromatic carbocycles. The van der Waals surface area contributed by atoms with Gasteiger partial charge in [0.05, 0.1) is 0 Å². The molecule has 0 saturated heterocycles. The molecule has 0 aliphatic rings. The van der Waals surface area contributed by atoms with E-state index in [1.165, 1.54) is 0 Å². The zero-order chi connectivity index (χ0) is 12.1. The lowest BCUT2D eigenvalue weighted by atomic mass is 10.2. The Balaban J connectivity index is 2.89. The van der Waals surface area contributed by atoms with Crippen LogP contribution in [-0.4, -0.2) is 17.1 Å². The highest BCUT2D eigenvalue weighted by Crippen LogP contribution is 2.24. The van der Waals surface area contributed by atoms with Crippen LogP contribution < -0.4 is 10.5 Å². The highest BCUT2D eigenvalue weighted by Gasteiger charge is 2.14. The first-order valence-corrected chi connectivity index (χ1v) is 5.36. The molecule has 0 heterocycles. The van der Waals surface area contributed by atoms with Gasteiger partial charge < -0.3 is 15.7 Å². The van der Waals surface area contributed by atoms with Crippen LogP contribution in [-0.2, 0) is 0 Å². The Morgan fingerprint density at radius 2 is 2.31 bits per heavy atom. The molecule has 0 spiro atoms. The van der Waals surface area contributed by atoms with Gasteiger partial charge in [0.15, 0.2) is 11.9 Å². The normalized spacial score (nSPS) is 13.6. The Morgan fingerprint density at radius 3 is 2.88 bits per heavy atom. The van der Waals surface area contributed by atoms with Crippen LogP contribution in [0.15, 0.2) is 23.4 Å². The Labute approximate surface area is 99.7 Å². The van der Waals surface area contributed by atoms with Crippen molar-refractivity contribution in [1.82, 2.24) is 0 Å². The number of rotatable bonds is 4. The number of halogens is 1. The molecule has 0 aliphatic heterocycles. The molecular formula is C11H15ClN2O2. The number of nitrogens with zero attached hydrogens (tertiary/aromatic N) is 1. The molecule has 0 amide bonds. The molecule has 0 aromatic heterocycles. The van der Waals surface area contributed by atoms with Crippen LogP contribution in [0.25, 0.3) is 0 Å². The topological polar surface area (TPSA) is 67.8 Å². The lowest BCUT2D eigenvalue weighted by Crippen LogP contribution is -2.33. The summed E-state index contributed by atoms with van der Waals surface area (Å²) in [6.07, 6.45) is 0.171. The van der Waals surface area contributed by atoms with Crippen molar-refractivity contribution in [2.45, 2.75) is 26.4 Å². The van der Waals surface area contributed by atoms with Crippen LogP contribution in [0.1, 0.15) is 18.9 Å². The van der Waals surface area contributed by atoms with E-state index in [2.05, 4.69) is 5.16 Å². The molecule has 1 aromatic rings. The van der Waals surface area contributed by atoms with E-state index >= 15 is 0 Å². The van der Waals surface area contributed by atoms with Crippen molar-refractivity contribution in [3.05, 3.63) is 28.8 Å². The van der Waals surface area contributed by atoms with Crippen molar-refractivity contribution in [1.29, 1.82) is 0 Å². The fourth-order valence-corrected chi connectivity index (χ4v) is 1.43. The first-order chi connectivity index (χ1) is 7.58. The van der Waals surface area contributed by atoms with E-state index < -0.39 is 6.10 Å². The number of nitrogens with two attached hydrogens (primary N) is 1. The highest BCUT2D eigenvalue weighted by molar-refractivity contribution is 6.30. The molecule has 0 radical (unpaired) electrons. The second-order valence-corrected chi connectivity index (χ2v) is 3.89. The first-order valence-electron chi connectivity index (χ1n) is 4.98. The summed E-state index contributed by atoms with van der Waals surface area (Å²) in [6, 6.07) is 5.36. The quantitative estimate of drug-likeness (QED) is 0.369. The predicted octanol–water partition coefficient (Wildman–Crippen LogP) is 2.55. The molecule has 3 N–H and O–H groups in total. The van der Waals surface area contributed by atoms with Crippen molar-refractivity contribution in [2.75, 3.05) is 0 Å². The van der Waals surface area contributed by atoms with Gasteiger partial charge in [-0.2, -0.15) is 0 Å². The minimum atomic E-state index is -0.442. The van der Waals surface area contributed by atoms with Gasteiger partial charge in [-0.3, -0.25) is 0 Å². The summed E-state index contributed by atoms with van der Waals surface area (Å²) in [5.74, 6) is 0.702. The average Bonchev–Trinajstić information content (AvgIpc) is 2.29. The molecule has 0 saturated carbocycles. The van der Waals surface area contributed by atoms with Crippen LogP contribution >= 0.6 is 11.6 Å². The van der Waals surface area contributed by atoms with Crippen molar-refractivity contribution in [2.24, 2.45) is 10.9 Å². The third kappa shape index (κ3) is 3.03. The van der Waals surface area contributed by atoms with E-state index in [0.717, 1.165) is 5.56 Å². The average molecular weight is 243 g/mol. The van der Waals surface area contributed by atoms with Gasteiger partial charge >= 0.3 is 0 Å². The minimum Gasteiger partial charge on any atom is -0.482 e. The van der Waals surface area contributed by atoms with Crippen molar-refractivity contribution >= 4 is 17.4 Å². The van der Waals surface area contributed by atoms with Crippen molar-refractivity contribution in [3.8, 4) is 5.75 Å². The van der Waals surface area contributed by atoms with Gasteiger partial charge in [0.1, 0.15) is 5.75 Å². The zero-order valence-corrected chi connectivity index (χ0v) is 10.0. The van der Waals surface area contributed by atoms with E-state index in [1.54, 1.807) is 12.1 Å². The van der Waals surface area contributed by atoms with E-state index in [-0.39, 0.29) is 5.84 Å². The standard InChI is InChI=1S/C11H15ClN2O2/c1-3-9(11(13)14-15)16-10-6-8(12)5-4-7(10)2/h4-6,9,15H,3H2,1-2H3,(H2,13,14). The van der Waals surface area contributed by atoms with Gasteiger partial charge in [-0.25, -0.2) is 0 Å². The zero-order valence-electron chi connectivity index (χ0n) is 9.27. The maximum Gasteiger partial charge on any atom is 0.180 e. The maximum atomic E-state index is 8.60. The third-order valence-corrected chi connectivity index (χ3v) is 2.47. The van der Waals surface area contributed by atoms with Crippen LogP contribution in [0.4, 0.5) is 0 Å². The summed E-state index contributed by atoms with van der Waals surface area (Å²) >= 11 is 5.87. The number of aryl methyl sites for hydroxylation is 1. The maximum absolute atomic E-state index is 8.60. The summed E-state index contributed by atoms with van der Waals surface area (Å²) in [7, 11) is 0. The summed E-state index contributed by atoms with van der Waals surface area (Å²) in [5.41, 5.74) is 6.46. The number of ether oxygens (including phenoxy) is 1. The summed E-state index contributed by atoms with van der Waals surface area (Å²) in [6.45, 7) is 3.80. The van der Waals surface area contributed by atoms with Gasteiger partial charge in [0.2, 0.25) is 0 Å². The number of amidine groups is 1. The van der Waals surface area contributed by atoms with Gasteiger partial charge in [-0.1, -0.05) is 29.7 Å². The Kier molecular flexibility index (Phi) is 4.43. The summed E-state index contributed by atoms with van der Waals surface area (Å²) in [5, 5.41) is 12.1. The lowest BCUT2D eigenvalue weighted by Gasteiger charge is -2.17. The van der Waals surface area contributed by atoms with E-state index in [0.29, 0.717) is 17.2 Å². The van der Waals surface area contributed by atoms with Crippen molar-refractivity contribution in [3.63, 3.8) is 0 Å². The molecule has 0 bridgehead atoms. The van der Waals surface area contributed by atoms with Crippen LogP contribution in [0.5, 0.6) is 5.75 Å². The number of oxime groups is 1. The third-order valence-electron chi connectivity index (χ3n) is 2.24. The minimum absolute atomic E-state index is 0.0573.